The maximum Gasteiger partial charge on any atom is 0.0789 e. The van der Waals surface area contributed by atoms with Gasteiger partial charge in [0.05, 0.1) is 6.10 Å². The van der Waals surface area contributed by atoms with Crippen molar-refractivity contribution in [1.82, 2.24) is 0 Å². The largest absolute Gasteiger partial charge is 0.388 e. The number of hydrogen-bond donors (Lipinski definition) is 1. The maximum atomic E-state index is 9.60. The predicted octanol–water partition coefficient (Wildman–Crippen LogP) is 3.20. The van der Waals surface area contributed by atoms with Gasteiger partial charge in [0.1, 0.15) is 0 Å². The van der Waals surface area contributed by atoms with Crippen LogP contribution in [-0.4, -0.2) is 11.2 Å². The molecule has 0 aromatic heterocycles. The van der Waals surface area contributed by atoms with E-state index < -0.39 is 0 Å². The van der Waals surface area contributed by atoms with Crippen molar-refractivity contribution in [1.29, 1.82) is 0 Å². The zero-order valence-electron chi connectivity index (χ0n) is 8.71. The summed E-state index contributed by atoms with van der Waals surface area (Å²) in [7, 11) is 0. The molecule has 0 radical (unpaired) electrons. The van der Waals surface area contributed by atoms with Crippen molar-refractivity contribution in [3.63, 3.8) is 0 Å². The Morgan fingerprint density at radius 2 is 1.92 bits per heavy atom. The molecule has 1 saturated carbocycles. The summed E-state index contributed by atoms with van der Waals surface area (Å²) in [4.78, 5) is 0. The monoisotopic (exact) mass is 180 g/mol. The lowest BCUT2D eigenvalue weighted by Crippen LogP contribution is -2.18. The topological polar surface area (TPSA) is 20.2 Å². The van der Waals surface area contributed by atoms with Gasteiger partial charge in [-0.2, -0.15) is 0 Å². The summed E-state index contributed by atoms with van der Waals surface area (Å²) in [6, 6.07) is 0. The van der Waals surface area contributed by atoms with Gasteiger partial charge in [-0.05, 0) is 43.3 Å². The molecule has 1 nitrogen and oxygen atoms in total. The van der Waals surface area contributed by atoms with Crippen LogP contribution >= 0.6 is 0 Å². The van der Waals surface area contributed by atoms with Gasteiger partial charge in [-0.1, -0.05) is 26.0 Å². The van der Waals surface area contributed by atoms with Gasteiger partial charge in [0.15, 0.2) is 0 Å². The number of aliphatic hydroxyl groups is 1. The molecule has 2 rings (SSSR count). The van der Waals surface area contributed by atoms with E-state index >= 15 is 0 Å². The first kappa shape index (κ1) is 10.5. The van der Waals surface area contributed by atoms with Crippen molar-refractivity contribution >= 4 is 0 Å². The highest BCUT2D eigenvalue weighted by Gasteiger charge is 2.21. The molecule has 2 aliphatic rings. The summed E-state index contributed by atoms with van der Waals surface area (Å²) in [5.41, 5.74) is 2.64. The minimum Gasteiger partial charge on any atom is -0.388 e. The van der Waals surface area contributed by atoms with E-state index in [1.54, 1.807) is 0 Å². The van der Waals surface area contributed by atoms with Gasteiger partial charge in [0.2, 0.25) is 0 Å². The highest BCUT2D eigenvalue weighted by atomic mass is 16.3. The number of fused-ring (bicyclic) bond motifs is 1. The van der Waals surface area contributed by atoms with Crippen LogP contribution in [0.25, 0.3) is 0 Å². The fourth-order valence-corrected chi connectivity index (χ4v) is 1.98. The molecule has 1 atom stereocenters. The standard InChI is InChI=1S/C10H14O.C2H6/c11-10-7-3-5-8-4-1-2-6-9(8)10;1-2/h4,6,10-11H,1-3,5,7H2;1-2H3. The first-order chi connectivity index (χ1) is 6.38. The molecule has 2 aliphatic carbocycles. The van der Waals surface area contributed by atoms with Gasteiger partial charge in [0, 0.05) is 0 Å². The molecule has 1 heteroatoms. The third kappa shape index (κ3) is 2.44. The molecule has 1 fully saturated rings. The minimum absolute atomic E-state index is 0.157. The highest BCUT2D eigenvalue weighted by molar-refractivity contribution is 5.38. The van der Waals surface area contributed by atoms with Crippen LogP contribution in [0, 0.1) is 0 Å². The fraction of sp³-hybridized carbons (Fsp3) is 0.667. The number of aliphatic hydroxyl groups excluding tert-OH is 1. The normalized spacial score (nSPS) is 26.2. The second kappa shape index (κ2) is 5.23. The molecular formula is C12H20O. The van der Waals surface area contributed by atoms with E-state index in [9.17, 15) is 5.11 Å². The van der Waals surface area contributed by atoms with E-state index in [1.807, 2.05) is 13.8 Å². The van der Waals surface area contributed by atoms with E-state index in [4.69, 9.17) is 0 Å². The lowest BCUT2D eigenvalue weighted by atomic mass is 9.83. The van der Waals surface area contributed by atoms with Crippen LogP contribution in [-0.2, 0) is 0 Å². The summed E-state index contributed by atoms with van der Waals surface area (Å²) in [5, 5.41) is 9.60. The average molecular weight is 180 g/mol. The maximum absolute atomic E-state index is 9.60. The number of hydrogen-bond acceptors (Lipinski definition) is 1. The van der Waals surface area contributed by atoms with Gasteiger partial charge in [-0.25, -0.2) is 0 Å². The smallest absolute Gasteiger partial charge is 0.0789 e. The van der Waals surface area contributed by atoms with E-state index in [2.05, 4.69) is 12.2 Å². The zero-order valence-corrected chi connectivity index (χ0v) is 8.71. The van der Waals surface area contributed by atoms with Gasteiger partial charge < -0.3 is 5.11 Å². The first-order valence-electron chi connectivity index (χ1n) is 5.45. The minimum atomic E-state index is -0.157. The molecule has 0 saturated heterocycles. The Hall–Kier alpha value is -0.560. The van der Waals surface area contributed by atoms with Gasteiger partial charge in [-0.15, -0.1) is 0 Å². The second-order valence-corrected chi connectivity index (χ2v) is 3.37. The Labute approximate surface area is 81.2 Å². The third-order valence-corrected chi connectivity index (χ3v) is 2.58. The number of allylic oxidation sites excluding steroid dienone is 2. The molecule has 0 aliphatic heterocycles. The zero-order chi connectivity index (χ0) is 9.68. The lowest BCUT2D eigenvalue weighted by Gasteiger charge is -2.26. The summed E-state index contributed by atoms with van der Waals surface area (Å²) in [6.45, 7) is 4.00. The van der Waals surface area contributed by atoms with Crippen molar-refractivity contribution < 1.29 is 5.11 Å². The predicted molar refractivity (Wildman–Crippen MR) is 56.6 cm³/mol. The Morgan fingerprint density at radius 3 is 2.62 bits per heavy atom. The van der Waals surface area contributed by atoms with Crippen LogP contribution in [0.5, 0.6) is 0 Å². The molecule has 1 N–H and O–H groups in total. The lowest BCUT2D eigenvalue weighted by molar-refractivity contribution is 0.189. The summed E-state index contributed by atoms with van der Waals surface area (Å²) < 4.78 is 0. The number of rotatable bonds is 0. The average Bonchev–Trinajstić information content (AvgIpc) is 2.22. The Kier molecular flexibility index (Phi) is 4.23. The molecule has 0 heterocycles. The highest BCUT2D eigenvalue weighted by Crippen LogP contribution is 2.32. The van der Waals surface area contributed by atoms with Gasteiger partial charge >= 0.3 is 0 Å². The Bertz CT molecular complexity index is 213. The van der Waals surface area contributed by atoms with Crippen LogP contribution in [0.1, 0.15) is 46.0 Å². The van der Waals surface area contributed by atoms with Crippen molar-refractivity contribution in [3.05, 3.63) is 23.3 Å². The third-order valence-electron chi connectivity index (χ3n) is 2.58. The quantitative estimate of drug-likeness (QED) is 0.607. The SMILES string of the molecule is CC.OC1CCCC2=CCCC=C21. The first-order valence-corrected chi connectivity index (χ1v) is 5.45. The van der Waals surface area contributed by atoms with E-state index in [-0.39, 0.29) is 6.10 Å². The summed E-state index contributed by atoms with van der Waals surface area (Å²) >= 11 is 0. The molecule has 74 valence electrons. The van der Waals surface area contributed by atoms with Crippen molar-refractivity contribution in [2.24, 2.45) is 0 Å². The Morgan fingerprint density at radius 1 is 1.23 bits per heavy atom. The van der Waals surface area contributed by atoms with Crippen molar-refractivity contribution in [3.8, 4) is 0 Å². The molecule has 13 heavy (non-hydrogen) atoms. The summed E-state index contributed by atoms with van der Waals surface area (Å²) in [5.74, 6) is 0. The molecule has 0 amide bonds. The van der Waals surface area contributed by atoms with E-state index in [1.165, 1.54) is 24.0 Å². The van der Waals surface area contributed by atoms with Crippen molar-refractivity contribution in [2.75, 3.05) is 0 Å². The molecule has 1 unspecified atom stereocenters. The van der Waals surface area contributed by atoms with Crippen LogP contribution in [0.15, 0.2) is 23.3 Å². The molecular weight excluding hydrogens is 160 g/mol. The van der Waals surface area contributed by atoms with E-state index in [0.29, 0.717) is 0 Å². The second-order valence-electron chi connectivity index (χ2n) is 3.37. The molecule has 0 aromatic rings. The molecule has 0 spiro atoms. The van der Waals surface area contributed by atoms with Crippen LogP contribution in [0.3, 0.4) is 0 Å². The van der Waals surface area contributed by atoms with Crippen LogP contribution in [0.4, 0.5) is 0 Å². The van der Waals surface area contributed by atoms with Crippen molar-refractivity contribution in [2.45, 2.75) is 52.1 Å². The molecule has 0 aromatic carbocycles. The van der Waals surface area contributed by atoms with Crippen LogP contribution in [0.2, 0.25) is 0 Å². The van der Waals surface area contributed by atoms with Crippen LogP contribution < -0.4 is 0 Å². The Balaban J connectivity index is 0.000000396. The van der Waals surface area contributed by atoms with Gasteiger partial charge in [0.25, 0.3) is 0 Å². The van der Waals surface area contributed by atoms with Gasteiger partial charge in [-0.3, -0.25) is 0 Å². The summed E-state index contributed by atoms with van der Waals surface area (Å²) in [6.07, 6.45) is 9.93. The molecule has 0 bridgehead atoms. The fourth-order valence-electron chi connectivity index (χ4n) is 1.98. The van der Waals surface area contributed by atoms with E-state index in [0.717, 1.165) is 19.3 Å².